The van der Waals surface area contributed by atoms with Gasteiger partial charge in [-0.15, -0.1) is 0 Å². The van der Waals surface area contributed by atoms with Crippen molar-refractivity contribution < 1.29 is 8.78 Å². The van der Waals surface area contributed by atoms with E-state index < -0.39 is 11.6 Å². The Morgan fingerprint density at radius 3 is 2.75 bits per heavy atom. The molecule has 0 spiro atoms. The van der Waals surface area contributed by atoms with Gasteiger partial charge in [0, 0.05) is 31.3 Å². The molecule has 1 aliphatic heterocycles. The van der Waals surface area contributed by atoms with Gasteiger partial charge in [-0.2, -0.15) is 4.40 Å². The molecular weight excluding hydrogens is 282 g/mol. The molecule has 2 aromatic rings. The van der Waals surface area contributed by atoms with E-state index in [2.05, 4.69) is 14.7 Å². The van der Waals surface area contributed by atoms with Crippen molar-refractivity contribution in [1.29, 1.82) is 0 Å². The summed E-state index contributed by atoms with van der Waals surface area (Å²) in [5.41, 5.74) is 0.488. The van der Waals surface area contributed by atoms with Crippen molar-refractivity contribution in [2.45, 2.75) is 4.90 Å². The Bertz CT molecular complexity index is 676. The summed E-state index contributed by atoms with van der Waals surface area (Å²) in [5, 5.41) is 2.97. The fourth-order valence-electron chi connectivity index (χ4n) is 1.74. The van der Waals surface area contributed by atoms with Gasteiger partial charge in [0.2, 0.25) is 5.96 Å². The standard InChI is InChI=1S/C13H10F2N4S/c1-19(12-4-2-3-5-16-12)13-17-10-6-8(14)9(15)7-11(10)20-18-13/h2-7H,1H3,(H,17,18). The van der Waals surface area contributed by atoms with Gasteiger partial charge in [-0.1, -0.05) is 6.07 Å². The van der Waals surface area contributed by atoms with E-state index in [4.69, 9.17) is 0 Å². The molecule has 0 saturated carbocycles. The number of anilines is 2. The summed E-state index contributed by atoms with van der Waals surface area (Å²) in [4.78, 5) is 6.48. The summed E-state index contributed by atoms with van der Waals surface area (Å²) >= 11 is 1.09. The third-order valence-corrected chi connectivity index (χ3v) is 3.61. The van der Waals surface area contributed by atoms with E-state index in [1.165, 1.54) is 0 Å². The third kappa shape index (κ3) is 2.32. The van der Waals surface area contributed by atoms with Crippen molar-refractivity contribution in [1.82, 2.24) is 4.98 Å². The highest BCUT2D eigenvalue weighted by atomic mass is 32.2. The molecule has 7 heteroatoms. The van der Waals surface area contributed by atoms with E-state index in [-0.39, 0.29) is 0 Å². The van der Waals surface area contributed by atoms with E-state index >= 15 is 0 Å². The first-order valence-corrected chi connectivity index (χ1v) is 6.58. The van der Waals surface area contributed by atoms with Crippen LogP contribution >= 0.6 is 11.9 Å². The number of nitrogens with zero attached hydrogens (tertiary/aromatic N) is 3. The average molecular weight is 292 g/mol. The highest BCUT2D eigenvalue weighted by Crippen LogP contribution is 2.34. The Labute approximate surface area is 118 Å². The van der Waals surface area contributed by atoms with Crippen molar-refractivity contribution in [2.24, 2.45) is 4.40 Å². The van der Waals surface area contributed by atoms with Gasteiger partial charge in [-0.25, -0.2) is 13.8 Å². The van der Waals surface area contributed by atoms with E-state index in [9.17, 15) is 8.78 Å². The lowest BCUT2D eigenvalue weighted by Crippen LogP contribution is -2.34. The Kier molecular flexibility index (Phi) is 3.27. The molecule has 0 bridgehead atoms. The molecule has 1 aromatic heterocycles. The van der Waals surface area contributed by atoms with Crippen LogP contribution in [0, 0.1) is 11.6 Å². The SMILES string of the molecule is CN(C1=NSc2cc(F)c(F)cc2N1)c1ccccn1. The second-order valence-corrected chi connectivity index (χ2v) is 4.95. The quantitative estimate of drug-likeness (QED) is 0.819. The predicted octanol–water partition coefficient (Wildman–Crippen LogP) is 3.28. The minimum Gasteiger partial charge on any atom is -0.324 e. The molecule has 1 aromatic carbocycles. The Hall–Kier alpha value is -2.15. The van der Waals surface area contributed by atoms with Crippen LogP contribution in [0.15, 0.2) is 45.8 Å². The topological polar surface area (TPSA) is 40.5 Å². The van der Waals surface area contributed by atoms with Gasteiger partial charge >= 0.3 is 0 Å². The molecule has 1 N–H and O–H groups in total. The smallest absolute Gasteiger partial charge is 0.215 e. The van der Waals surface area contributed by atoms with Crippen LogP contribution < -0.4 is 10.2 Å². The van der Waals surface area contributed by atoms with Crippen LogP contribution in [0.1, 0.15) is 0 Å². The Balaban J connectivity index is 1.88. The highest BCUT2D eigenvalue weighted by molar-refractivity contribution is 7.98. The molecule has 0 saturated heterocycles. The Morgan fingerprint density at radius 1 is 1.20 bits per heavy atom. The minimum absolute atomic E-state index is 0.488. The summed E-state index contributed by atoms with van der Waals surface area (Å²) in [5.74, 6) is -0.564. The molecule has 0 radical (unpaired) electrons. The first kappa shape index (κ1) is 12.9. The normalized spacial score (nSPS) is 13.2. The van der Waals surface area contributed by atoms with Gasteiger partial charge in [0.15, 0.2) is 11.6 Å². The number of pyridine rings is 1. The number of fused-ring (bicyclic) bond motifs is 1. The molecule has 2 heterocycles. The largest absolute Gasteiger partial charge is 0.324 e. The zero-order valence-corrected chi connectivity index (χ0v) is 11.3. The monoisotopic (exact) mass is 292 g/mol. The second-order valence-electron chi connectivity index (χ2n) is 4.14. The number of halogens is 2. The lowest BCUT2D eigenvalue weighted by atomic mass is 10.3. The first-order chi connectivity index (χ1) is 9.65. The molecule has 0 unspecified atom stereocenters. The summed E-state index contributed by atoms with van der Waals surface area (Å²) in [6.07, 6.45) is 1.67. The van der Waals surface area contributed by atoms with Gasteiger partial charge in [-0.3, -0.25) is 4.90 Å². The molecule has 3 rings (SSSR count). The summed E-state index contributed by atoms with van der Waals surface area (Å²) < 4.78 is 30.6. The van der Waals surface area contributed by atoms with Crippen LogP contribution in [-0.2, 0) is 0 Å². The van der Waals surface area contributed by atoms with E-state index in [1.54, 1.807) is 18.1 Å². The molecule has 0 atom stereocenters. The average Bonchev–Trinajstić information content (AvgIpc) is 2.48. The molecule has 20 heavy (non-hydrogen) atoms. The van der Waals surface area contributed by atoms with Crippen molar-refractivity contribution in [3.8, 4) is 0 Å². The van der Waals surface area contributed by atoms with Gasteiger partial charge < -0.3 is 5.32 Å². The van der Waals surface area contributed by atoms with Crippen LogP contribution in [0.4, 0.5) is 20.3 Å². The Morgan fingerprint density at radius 2 is 2.00 bits per heavy atom. The summed E-state index contributed by atoms with van der Waals surface area (Å²) in [6.45, 7) is 0. The van der Waals surface area contributed by atoms with Crippen molar-refractivity contribution in [3.63, 3.8) is 0 Å². The van der Waals surface area contributed by atoms with E-state index in [0.717, 1.165) is 24.1 Å². The maximum Gasteiger partial charge on any atom is 0.215 e. The molecule has 102 valence electrons. The molecular formula is C13H10F2N4S. The third-order valence-electron chi connectivity index (χ3n) is 2.81. The number of aromatic nitrogens is 1. The van der Waals surface area contributed by atoms with Gasteiger partial charge in [0.05, 0.1) is 10.6 Å². The van der Waals surface area contributed by atoms with Crippen LogP contribution in [0.2, 0.25) is 0 Å². The second kappa shape index (κ2) is 5.09. The fraction of sp³-hybridized carbons (Fsp3) is 0.0769. The van der Waals surface area contributed by atoms with Crippen LogP contribution in [0.5, 0.6) is 0 Å². The molecule has 0 fully saturated rings. The minimum atomic E-state index is -0.890. The van der Waals surface area contributed by atoms with Crippen molar-refractivity contribution >= 4 is 29.4 Å². The van der Waals surface area contributed by atoms with Crippen LogP contribution in [0.3, 0.4) is 0 Å². The number of hydrogen-bond donors (Lipinski definition) is 1. The first-order valence-electron chi connectivity index (χ1n) is 5.81. The number of hydrogen-bond acceptors (Lipinski definition) is 5. The molecule has 0 aliphatic carbocycles. The van der Waals surface area contributed by atoms with Crippen LogP contribution in [-0.4, -0.2) is 18.0 Å². The summed E-state index contributed by atoms with van der Waals surface area (Å²) in [7, 11) is 1.79. The zero-order chi connectivity index (χ0) is 14.1. The lowest BCUT2D eigenvalue weighted by molar-refractivity contribution is 0.506. The maximum atomic E-state index is 13.3. The zero-order valence-electron chi connectivity index (χ0n) is 10.5. The highest BCUT2D eigenvalue weighted by Gasteiger charge is 2.19. The summed E-state index contributed by atoms with van der Waals surface area (Å²) in [6, 6.07) is 7.76. The van der Waals surface area contributed by atoms with Crippen molar-refractivity contribution in [2.75, 3.05) is 17.3 Å². The predicted molar refractivity (Wildman–Crippen MR) is 75.9 cm³/mol. The number of nitrogens with one attached hydrogen (secondary N) is 1. The molecule has 4 nitrogen and oxygen atoms in total. The maximum absolute atomic E-state index is 13.3. The van der Waals surface area contributed by atoms with E-state index in [0.29, 0.717) is 22.4 Å². The van der Waals surface area contributed by atoms with Gasteiger partial charge in [-0.05, 0) is 18.2 Å². The van der Waals surface area contributed by atoms with Gasteiger partial charge in [0.1, 0.15) is 5.82 Å². The molecule has 1 aliphatic rings. The number of guanidine groups is 1. The number of rotatable bonds is 1. The van der Waals surface area contributed by atoms with Crippen molar-refractivity contribution in [3.05, 3.63) is 48.2 Å². The van der Waals surface area contributed by atoms with E-state index in [1.807, 2.05) is 18.2 Å². The fourth-order valence-corrected chi connectivity index (χ4v) is 2.46. The lowest BCUT2D eigenvalue weighted by Gasteiger charge is -2.24. The number of benzene rings is 1. The molecule has 0 amide bonds. The van der Waals surface area contributed by atoms with Crippen LogP contribution in [0.25, 0.3) is 0 Å². The van der Waals surface area contributed by atoms with Gasteiger partial charge in [0.25, 0.3) is 0 Å².